The molecule has 2 rings (SSSR count). The molecule has 2 aromatic carbocycles. The van der Waals surface area contributed by atoms with Crippen LogP contribution in [0.1, 0.15) is 30.0 Å². The molecule has 0 spiro atoms. The Hall–Kier alpha value is -2.24. The first-order valence-corrected chi connectivity index (χ1v) is 10.2. The zero-order chi connectivity index (χ0) is 21.6. The minimum absolute atomic E-state index is 0.111. The molecule has 0 aliphatic carbocycles. The Morgan fingerprint density at radius 3 is 2.38 bits per heavy atom. The SMILES string of the molecule is CCC(C(=O)NC)N(Cc1c(Cl)cccc1Cl)C(=O)COc1cc(C)ccc1C. The number of nitrogens with one attached hydrogen (secondary N) is 1. The number of halogens is 2. The van der Waals surface area contributed by atoms with E-state index in [0.29, 0.717) is 27.8 Å². The number of rotatable bonds is 8. The van der Waals surface area contributed by atoms with Crippen LogP contribution < -0.4 is 10.1 Å². The van der Waals surface area contributed by atoms with E-state index in [-0.39, 0.29) is 25.0 Å². The van der Waals surface area contributed by atoms with E-state index in [2.05, 4.69) is 5.32 Å². The third kappa shape index (κ3) is 5.87. The molecule has 2 amide bonds. The molecule has 0 aliphatic rings. The molecule has 0 aromatic heterocycles. The zero-order valence-electron chi connectivity index (χ0n) is 17.1. The fourth-order valence-corrected chi connectivity index (χ4v) is 3.54. The lowest BCUT2D eigenvalue weighted by atomic mass is 10.1. The van der Waals surface area contributed by atoms with Crippen molar-refractivity contribution in [1.29, 1.82) is 0 Å². The first-order chi connectivity index (χ1) is 13.8. The first kappa shape index (κ1) is 23.0. The van der Waals surface area contributed by atoms with Crippen molar-refractivity contribution in [2.45, 2.75) is 39.8 Å². The molecule has 0 saturated heterocycles. The Kier molecular flexibility index (Phi) is 8.35. The number of ether oxygens (including phenoxy) is 1. The second kappa shape index (κ2) is 10.5. The normalized spacial score (nSPS) is 11.7. The van der Waals surface area contributed by atoms with Crippen molar-refractivity contribution in [2.24, 2.45) is 0 Å². The van der Waals surface area contributed by atoms with Crippen LogP contribution in [-0.2, 0) is 16.1 Å². The third-order valence-electron chi connectivity index (χ3n) is 4.72. The number of hydrogen-bond acceptors (Lipinski definition) is 3. The zero-order valence-corrected chi connectivity index (χ0v) is 18.6. The van der Waals surface area contributed by atoms with Crippen molar-refractivity contribution in [3.05, 3.63) is 63.1 Å². The van der Waals surface area contributed by atoms with Gasteiger partial charge >= 0.3 is 0 Å². The van der Waals surface area contributed by atoms with Crippen LogP contribution in [0, 0.1) is 13.8 Å². The molecule has 5 nitrogen and oxygen atoms in total. The second-order valence-electron chi connectivity index (χ2n) is 6.82. The van der Waals surface area contributed by atoms with Crippen LogP contribution >= 0.6 is 23.2 Å². The highest BCUT2D eigenvalue weighted by molar-refractivity contribution is 6.36. The molecule has 0 aliphatic heterocycles. The fourth-order valence-electron chi connectivity index (χ4n) is 3.03. The topological polar surface area (TPSA) is 58.6 Å². The molecular weight excluding hydrogens is 411 g/mol. The minimum Gasteiger partial charge on any atom is -0.483 e. The predicted octanol–water partition coefficient (Wildman–Crippen LogP) is 4.54. The van der Waals surface area contributed by atoms with Gasteiger partial charge in [0.15, 0.2) is 6.61 Å². The Morgan fingerprint density at radius 2 is 1.79 bits per heavy atom. The molecule has 0 fully saturated rings. The molecule has 29 heavy (non-hydrogen) atoms. The van der Waals surface area contributed by atoms with Crippen LogP contribution in [0.4, 0.5) is 0 Å². The molecule has 0 heterocycles. The number of amides is 2. The highest BCUT2D eigenvalue weighted by Crippen LogP contribution is 2.27. The van der Waals surface area contributed by atoms with Gasteiger partial charge in [0.2, 0.25) is 5.91 Å². The summed E-state index contributed by atoms with van der Waals surface area (Å²) in [6.45, 7) is 5.64. The molecule has 156 valence electrons. The van der Waals surface area contributed by atoms with Crippen LogP contribution in [0.2, 0.25) is 10.0 Å². The van der Waals surface area contributed by atoms with Gasteiger partial charge < -0.3 is 15.0 Å². The van der Waals surface area contributed by atoms with Gasteiger partial charge in [0.25, 0.3) is 5.91 Å². The van der Waals surface area contributed by atoms with Crippen molar-refractivity contribution >= 4 is 35.0 Å². The van der Waals surface area contributed by atoms with Crippen molar-refractivity contribution in [3.63, 3.8) is 0 Å². The van der Waals surface area contributed by atoms with Crippen LogP contribution in [0.3, 0.4) is 0 Å². The van der Waals surface area contributed by atoms with Crippen LogP contribution in [0.5, 0.6) is 5.75 Å². The number of likely N-dealkylation sites (N-methyl/N-ethyl adjacent to an activating group) is 1. The molecule has 1 unspecified atom stereocenters. The van der Waals surface area contributed by atoms with Gasteiger partial charge in [0.05, 0.1) is 0 Å². The van der Waals surface area contributed by atoms with Gasteiger partial charge in [-0.3, -0.25) is 9.59 Å². The number of aryl methyl sites for hydroxylation is 2. The average Bonchev–Trinajstić information content (AvgIpc) is 2.70. The Morgan fingerprint density at radius 1 is 1.14 bits per heavy atom. The average molecular weight is 437 g/mol. The van der Waals surface area contributed by atoms with Crippen molar-refractivity contribution in [1.82, 2.24) is 10.2 Å². The van der Waals surface area contributed by atoms with Gasteiger partial charge in [-0.1, -0.05) is 48.3 Å². The third-order valence-corrected chi connectivity index (χ3v) is 5.43. The number of hydrogen-bond donors (Lipinski definition) is 1. The predicted molar refractivity (Wildman–Crippen MR) is 117 cm³/mol. The van der Waals surface area contributed by atoms with E-state index in [9.17, 15) is 9.59 Å². The van der Waals surface area contributed by atoms with E-state index in [4.69, 9.17) is 27.9 Å². The maximum Gasteiger partial charge on any atom is 0.261 e. The molecule has 0 saturated carbocycles. The van der Waals surface area contributed by atoms with Gasteiger partial charge in [-0.2, -0.15) is 0 Å². The largest absolute Gasteiger partial charge is 0.483 e. The summed E-state index contributed by atoms with van der Waals surface area (Å²) in [4.78, 5) is 27.0. The number of benzene rings is 2. The number of carbonyl (C=O) groups is 2. The molecule has 2 aromatic rings. The van der Waals surface area contributed by atoms with Crippen molar-refractivity contribution in [3.8, 4) is 5.75 Å². The van der Waals surface area contributed by atoms with Gasteiger partial charge in [0, 0.05) is 29.2 Å². The standard InChI is InChI=1S/C22H26Cl2N2O3/c1-5-19(22(28)25-4)26(12-16-17(23)7-6-8-18(16)24)21(27)13-29-20-11-14(2)9-10-15(20)3/h6-11,19H,5,12-13H2,1-4H3,(H,25,28). The van der Waals surface area contributed by atoms with E-state index in [1.54, 1.807) is 25.2 Å². The van der Waals surface area contributed by atoms with E-state index in [1.807, 2.05) is 39.0 Å². The van der Waals surface area contributed by atoms with Crippen LogP contribution in [-0.4, -0.2) is 36.4 Å². The number of carbonyl (C=O) groups excluding carboxylic acids is 2. The lowest BCUT2D eigenvalue weighted by Gasteiger charge is -2.30. The summed E-state index contributed by atoms with van der Waals surface area (Å²) in [5, 5.41) is 3.50. The quantitative estimate of drug-likeness (QED) is 0.660. The fraction of sp³-hybridized carbons (Fsp3) is 0.364. The van der Waals surface area contributed by atoms with Crippen LogP contribution in [0.15, 0.2) is 36.4 Å². The van der Waals surface area contributed by atoms with Gasteiger partial charge in [0.1, 0.15) is 11.8 Å². The summed E-state index contributed by atoms with van der Waals surface area (Å²) in [6, 6.07) is 10.3. The maximum absolute atomic E-state index is 13.1. The Balaban J connectivity index is 2.29. The summed E-state index contributed by atoms with van der Waals surface area (Å²) in [5.41, 5.74) is 2.57. The van der Waals surface area contributed by atoms with Crippen molar-refractivity contribution in [2.75, 3.05) is 13.7 Å². The lowest BCUT2D eigenvalue weighted by molar-refractivity contribution is -0.142. The highest BCUT2D eigenvalue weighted by Gasteiger charge is 2.29. The molecular formula is C22H26Cl2N2O3. The summed E-state index contributed by atoms with van der Waals surface area (Å²) in [7, 11) is 1.54. The van der Waals surface area contributed by atoms with E-state index in [1.165, 1.54) is 4.90 Å². The van der Waals surface area contributed by atoms with Gasteiger partial charge in [-0.15, -0.1) is 0 Å². The first-order valence-electron chi connectivity index (χ1n) is 9.42. The van der Waals surface area contributed by atoms with Crippen molar-refractivity contribution < 1.29 is 14.3 Å². The molecule has 1 atom stereocenters. The molecule has 7 heteroatoms. The summed E-state index contributed by atoms with van der Waals surface area (Å²) < 4.78 is 5.78. The molecule has 1 N–H and O–H groups in total. The monoisotopic (exact) mass is 436 g/mol. The highest BCUT2D eigenvalue weighted by atomic mass is 35.5. The number of nitrogens with zero attached hydrogens (tertiary/aromatic N) is 1. The lowest BCUT2D eigenvalue weighted by Crippen LogP contribution is -2.49. The summed E-state index contributed by atoms with van der Waals surface area (Å²) in [6.07, 6.45) is 0.441. The van der Waals surface area contributed by atoms with E-state index < -0.39 is 6.04 Å². The molecule has 0 radical (unpaired) electrons. The summed E-state index contributed by atoms with van der Waals surface area (Å²) >= 11 is 12.6. The van der Waals surface area contributed by atoms with Gasteiger partial charge in [-0.05, 0) is 49.6 Å². The minimum atomic E-state index is -0.665. The summed E-state index contributed by atoms with van der Waals surface area (Å²) in [5.74, 6) is 0.0650. The Bertz CT molecular complexity index is 866. The van der Waals surface area contributed by atoms with E-state index in [0.717, 1.165) is 11.1 Å². The smallest absolute Gasteiger partial charge is 0.261 e. The molecule has 0 bridgehead atoms. The van der Waals surface area contributed by atoms with Gasteiger partial charge in [-0.25, -0.2) is 0 Å². The van der Waals surface area contributed by atoms with Crippen LogP contribution in [0.25, 0.3) is 0 Å². The Labute approximate surface area is 181 Å². The maximum atomic E-state index is 13.1. The van der Waals surface area contributed by atoms with E-state index >= 15 is 0 Å². The second-order valence-corrected chi connectivity index (χ2v) is 7.63.